The van der Waals surface area contributed by atoms with Crippen molar-refractivity contribution in [3.05, 3.63) is 34.5 Å². The number of aryl methyl sites for hydroxylation is 4. The summed E-state index contributed by atoms with van der Waals surface area (Å²) in [4.78, 5) is 14.6. The Bertz CT molecular complexity index is 712. The molecule has 3 rings (SSSR count). The summed E-state index contributed by atoms with van der Waals surface area (Å²) in [6.45, 7) is 9.52. The first-order valence-corrected chi connectivity index (χ1v) is 8.68. The highest BCUT2D eigenvalue weighted by Gasteiger charge is 2.26. The third kappa shape index (κ3) is 3.37. The zero-order valence-corrected chi connectivity index (χ0v) is 15.0. The first kappa shape index (κ1) is 16.7. The number of piperidine rings is 1. The highest BCUT2D eigenvalue weighted by molar-refractivity contribution is 5.76. The molecule has 1 amide bonds. The molecule has 0 aromatic carbocycles. The van der Waals surface area contributed by atoms with Gasteiger partial charge in [0.05, 0.1) is 17.4 Å². The molecule has 1 unspecified atom stereocenters. The molecule has 0 bridgehead atoms. The molecule has 0 N–H and O–H groups in total. The first-order chi connectivity index (χ1) is 11.5. The van der Waals surface area contributed by atoms with Gasteiger partial charge in [-0.1, -0.05) is 5.16 Å². The van der Waals surface area contributed by atoms with Crippen molar-refractivity contribution in [1.29, 1.82) is 0 Å². The number of hydrogen-bond acceptors (Lipinski definition) is 4. The zero-order valence-electron chi connectivity index (χ0n) is 15.0. The molecule has 24 heavy (non-hydrogen) atoms. The Hall–Kier alpha value is -2.11. The lowest BCUT2D eigenvalue weighted by atomic mass is 10.0. The fraction of sp³-hybridized carbons (Fsp3) is 0.611. The Kier molecular flexibility index (Phi) is 4.73. The van der Waals surface area contributed by atoms with Gasteiger partial charge < -0.3 is 9.42 Å². The molecule has 6 heteroatoms. The number of rotatable bonds is 4. The summed E-state index contributed by atoms with van der Waals surface area (Å²) < 4.78 is 7.26. The largest absolute Gasteiger partial charge is 0.361 e. The van der Waals surface area contributed by atoms with Crippen molar-refractivity contribution in [1.82, 2.24) is 19.8 Å². The molecule has 1 fully saturated rings. The number of nitrogens with zero attached hydrogens (tertiary/aromatic N) is 4. The van der Waals surface area contributed by atoms with E-state index >= 15 is 0 Å². The fourth-order valence-electron chi connectivity index (χ4n) is 3.65. The van der Waals surface area contributed by atoms with E-state index < -0.39 is 0 Å². The average molecular weight is 330 g/mol. The van der Waals surface area contributed by atoms with Gasteiger partial charge in [0.1, 0.15) is 5.76 Å². The van der Waals surface area contributed by atoms with Gasteiger partial charge in [0.2, 0.25) is 5.91 Å². The van der Waals surface area contributed by atoms with E-state index in [2.05, 4.69) is 27.9 Å². The summed E-state index contributed by atoms with van der Waals surface area (Å²) in [5.41, 5.74) is 4.16. The highest BCUT2D eigenvalue weighted by atomic mass is 16.5. The standard InChI is InChI=1S/C18H26N4O2/c1-12-10-13(2)22(19-12)16-6-5-9-21(11-16)18(23)8-7-17-14(3)20-24-15(17)4/h10,16H,5-9,11H2,1-4H3. The summed E-state index contributed by atoms with van der Waals surface area (Å²) >= 11 is 0. The molecule has 0 radical (unpaired) electrons. The molecule has 0 aliphatic carbocycles. The van der Waals surface area contributed by atoms with Crippen LogP contribution in [0.3, 0.4) is 0 Å². The normalized spacial score (nSPS) is 18.2. The molecule has 0 spiro atoms. The third-order valence-corrected chi connectivity index (χ3v) is 4.91. The van der Waals surface area contributed by atoms with Crippen molar-refractivity contribution in [3.8, 4) is 0 Å². The molecule has 1 saturated heterocycles. The maximum absolute atomic E-state index is 12.6. The van der Waals surface area contributed by atoms with E-state index in [1.807, 2.05) is 25.7 Å². The summed E-state index contributed by atoms with van der Waals surface area (Å²) in [6.07, 6.45) is 3.31. The van der Waals surface area contributed by atoms with E-state index in [4.69, 9.17) is 4.52 Å². The molecule has 1 atom stereocenters. The fourth-order valence-corrected chi connectivity index (χ4v) is 3.65. The van der Waals surface area contributed by atoms with Crippen LogP contribution in [0.15, 0.2) is 10.6 Å². The lowest BCUT2D eigenvalue weighted by molar-refractivity contribution is -0.132. The molecule has 0 saturated carbocycles. The minimum Gasteiger partial charge on any atom is -0.361 e. The Labute approximate surface area is 142 Å². The molecule has 3 heterocycles. The maximum Gasteiger partial charge on any atom is 0.222 e. The van der Waals surface area contributed by atoms with Gasteiger partial charge in [-0.15, -0.1) is 0 Å². The van der Waals surface area contributed by atoms with Crippen LogP contribution in [0.25, 0.3) is 0 Å². The van der Waals surface area contributed by atoms with Crippen LogP contribution >= 0.6 is 0 Å². The Morgan fingerprint density at radius 1 is 1.33 bits per heavy atom. The molecular formula is C18H26N4O2. The summed E-state index contributed by atoms with van der Waals surface area (Å²) in [6, 6.07) is 2.38. The average Bonchev–Trinajstić information content (AvgIpc) is 3.07. The minimum absolute atomic E-state index is 0.209. The van der Waals surface area contributed by atoms with Gasteiger partial charge in [0, 0.05) is 30.8 Å². The summed E-state index contributed by atoms with van der Waals surface area (Å²) in [5, 5.41) is 8.55. The van der Waals surface area contributed by atoms with Crippen molar-refractivity contribution >= 4 is 5.91 Å². The first-order valence-electron chi connectivity index (χ1n) is 8.68. The van der Waals surface area contributed by atoms with Crippen molar-refractivity contribution < 1.29 is 9.32 Å². The smallest absolute Gasteiger partial charge is 0.222 e. The quantitative estimate of drug-likeness (QED) is 0.864. The van der Waals surface area contributed by atoms with Crippen molar-refractivity contribution in [2.24, 2.45) is 0 Å². The second-order valence-electron chi connectivity index (χ2n) is 6.81. The van der Waals surface area contributed by atoms with E-state index in [1.165, 1.54) is 5.69 Å². The van der Waals surface area contributed by atoms with Crippen LogP contribution in [0, 0.1) is 27.7 Å². The third-order valence-electron chi connectivity index (χ3n) is 4.91. The topological polar surface area (TPSA) is 64.2 Å². The number of carbonyl (C=O) groups excluding carboxylic acids is 1. The minimum atomic E-state index is 0.209. The van der Waals surface area contributed by atoms with E-state index in [-0.39, 0.29) is 11.9 Å². The highest BCUT2D eigenvalue weighted by Crippen LogP contribution is 2.24. The molecule has 130 valence electrons. The maximum atomic E-state index is 12.6. The number of amides is 1. The Morgan fingerprint density at radius 3 is 2.75 bits per heavy atom. The van der Waals surface area contributed by atoms with Gasteiger partial charge in [-0.25, -0.2) is 0 Å². The van der Waals surface area contributed by atoms with Gasteiger partial charge in [-0.2, -0.15) is 5.10 Å². The van der Waals surface area contributed by atoms with Gasteiger partial charge >= 0.3 is 0 Å². The second kappa shape index (κ2) is 6.79. The van der Waals surface area contributed by atoms with E-state index in [0.717, 1.165) is 48.6 Å². The molecule has 2 aromatic heterocycles. The van der Waals surface area contributed by atoms with Crippen LogP contribution in [0.2, 0.25) is 0 Å². The second-order valence-corrected chi connectivity index (χ2v) is 6.81. The molecular weight excluding hydrogens is 304 g/mol. The van der Waals surface area contributed by atoms with Crippen LogP contribution in [-0.2, 0) is 11.2 Å². The molecule has 1 aliphatic rings. The molecule has 1 aliphatic heterocycles. The van der Waals surface area contributed by atoms with Gasteiger partial charge in [-0.3, -0.25) is 9.48 Å². The van der Waals surface area contributed by atoms with E-state index in [1.54, 1.807) is 0 Å². The number of hydrogen-bond donors (Lipinski definition) is 0. The van der Waals surface area contributed by atoms with Crippen molar-refractivity contribution in [2.45, 2.75) is 59.4 Å². The Morgan fingerprint density at radius 2 is 2.12 bits per heavy atom. The van der Waals surface area contributed by atoms with Crippen LogP contribution in [0.1, 0.15) is 53.7 Å². The summed E-state index contributed by atoms with van der Waals surface area (Å²) in [7, 11) is 0. The number of likely N-dealkylation sites (tertiary alicyclic amines) is 1. The SMILES string of the molecule is Cc1cc(C)n(C2CCCN(C(=O)CCc3c(C)noc3C)C2)n1. The predicted octanol–water partition coefficient (Wildman–Crippen LogP) is 2.90. The van der Waals surface area contributed by atoms with Gasteiger partial charge in [0.25, 0.3) is 0 Å². The van der Waals surface area contributed by atoms with E-state index in [0.29, 0.717) is 12.8 Å². The predicted molar refractivity (Wildman–Crippen MR) is 90.9 cm³/mol. The van der Waals surface area contributed by atoms with E-state index in [9.17, 15) is 4.79 Å². The summed E-state index contributed by atoms with van der Waals surface area (Å²) in [5.74, 6) is 1.03. The van der Waals surface area contributed by atoms with Crippen LogP contribution in [0.5, 0.6) is 0 Å². The van der Waals surface area contributed by atoms with Crippen molar-refractivity contribution in [2.75, 3.05) is 13.1 Å². The molecule has 6 nitrogen and oxygen atoms in total. The zero-order chi connectivity index (χ0) is 17.3. The lowest BCUT2D eigenvalue weighted by Crippen LogP contribution is -2.41. The Balaban J connectivity index is 1.62. The number of aromatic nitrogens is 3. The van der Waals surface area contributed by atoms with Crippen LogP contribution in [-0.4, -0.2) is 38.8 Å². The van der Waals surface area contributed by atoms with Gasteiger partial charge in [0.15, 0.2) is 0 Å². The van der Waals surface area contributed by atoms with Crippen molar-refractivity contribution in [3.63, 3.8) is 0 Å². The monoisotopic (exact) mass is 330 g/mol. The van der Waals surface area contributed by atoms with Crippen LogP contribution < -0.4 is 0 Å². The lowest BCUT2D eigenvalue weighted by Gasteiger charge is -2.33. The number of carbonyl (C=O) groups is 1. The van der Waals surface area contributed by atoms with Gasteiger partial charge in [-0.05, 0) is 53.0 Å². The molecule has 2 aromatic rings. The van der Waals surface area contributed by atoms with Crippen LogP contribution in [0.4, 0.5) is 0 Å².